The third-order valence-electron chi connectivity index (χ3n) is 2.41. The monoisotopic (exact) mass is 179 g/mol. The van der Waals surface area contributed by atoms with Gasteiger partial charge in [0.25, 0.3) is 0 Å². The highest BCUT2D eigenvalue weighted by molar-refractivity contribution is 5.89. The molecule has 0 saturated carbocycles. The van der Waals surface area contributed by atoms with Crippen molar-refractivity contribution >= 4 is 5.84 Å². The lowest BCUT2D eigenvalue weighted by Gasteiger charge is -2.28. The minimum Gasteiger partial charge on any atom is -0.385 e. The van der Waals surface area contributed by atoms with Crippen LogP contribution in [0.3, 0.4) is 0 Å². The second-order valence-electron chi connectivity index (χ2n) is 3.54. The summed E-state index contributed by atoms with van der Waals surface area (Å²) < 4.78 is 0. The number of fused-ring (bicyclic) bond motifs is 1. The number of amidine groups is 1. The van der Waals surface area contributed by atoms with Gasteiger partial charge in [-0.15, -0.1) is 0 Å². The number of nitrogens with zero attached hydrogens (tertiary/aromatic N) is 1. The first-order valence-corrected chi connectivity index (χ1v) is 4.23. The molecule has 1 aliphatic heterocycles. The zero-order valence-corrected chi connectivity index (χ0v) is 7.74. The van der Waals surface area contributed by atoms with Crippen molar-refractivity contribution in [1.82, 2.24) is 5.48 Å². The van der Waals surface area contributed by atoms with Crippen molar-refractivity contribution in [2.24, 2.45) is 16.6 Å². The highest BCUT2D eigenvalue weighted by Gasteiger charge is 2.42. The van der Waals surface area contributed by atoms with Crippen LogP contribution >= 0.6 is 0 Å². The third kappa shape index (κ3) is 1.14. The molecule has 1 fully saturated rings. The largest absolute Gasteiger partial charge is 0.385 e. The van der Waals surface area contributed by atoms with Gasteiger partial charge in [0.1, 0.15) is 17.5 Å². The molecule has 0 aromatic heterocycles. The molecule has 70 valence electrons. The average Bonchev–Trinajstić information content (AvgIpc) is 2.48. The molecule has 0 radical (unpaired) electrons. The average molecular weight is 179 g/mol. The third-order valence-corrected chi connectivity index (χ3v) is 2.41. The van der Waals surface area contributed by atoms with E-state index >= 15 is 0 Å². The van der Waals surface area contributed by atoms with Gasteiger partial charge < -0.3 is 10.6 Å². The topological polar surface area (TPSA) is 59.6 Å². The number of aliphatic imine (C=N–C) groups is 1. The van der Waals surface area contributed by atoms with E-state index in [0.717, 1.165) is 11.6 Å². The Morgan fingerprint density at radius 2 is 2.46 bits per heavy atom. The predicted octanol–water partition coefficient (Wildman–Crippen LogP) is 0.337. The van der Waals surface area contributed by atoms with E-state index in [1.807, 2.05) is 25.2 Å². The lowest BCUT2D eigenvalue weighted by Crippen LogP contribution is -2.47. The number of hydrogen-bond donors (Lipinski definition) is 2. The van der Waals surface area contributed by atoms with E-state index in [4.69, 9.17) is 10.6 Å². The molecular weight excluding hydrogens is 166 g/mol. The molecule has 1 aliphatic carbocycles. The van der Waals surface area contributed by atoms with Crippen LogP contribution in [0.2, 0.25) is 0 Å². The molecule has 1 heterocycles. The fraction of sp³-hybridized carbons (Fsp3) is 0.444. The van der Waals surface area contributed by atoms with Crippen molar-refractivity contribution < 1.29 is 4.84 Å². The molecule has 3 N–H and O–H groups in total. The summed E-state index contributed by atoms with van der Waals surface area (Å²) in [5.41, 5.74) is 8.45. The van der Waals surface area contributed by atoms with Gasteiger partial charge in [-0.25, -0.2) is 5.48 Å². The van der Waals surface area contributed by atoms with Gasteiger partial charge in [0.05, 0.1) is 0 Å². The maximum Gasteiger partial charge on any atom is 0.145 e. The molecule has 0 spiro atoms. The SMILES string of the molecule is CN=C1NOC2=CC=CC(C)(N)C21. The minimum atomic E-state index is -0.414. The van der Waals surface area contributed by atoms with Crippen molar-refractivity contribution in [2.75, 3.05) is 7.05 Å². The number of allylic oxidation sites excluding steroid dienone is 2. The fourth-order valence-electron chi connectivity index (χ4n) is 1.72. The van der Waals surface area contributed by atoms with Gasteiger partial charge >= 0.3 is 0 Å². The number of hydrogen-bond acceptors (Lipinski definition) is 3. The molecule has 4 nitrogen and oxygen atoms in total. The number of nitrogens with two attached hydrogens (primary N) is 1. The van der Waals surface area contributed by atoms with Gasteiger partial charge in [0.15, 0.2) is 0 Å². The lowest BCUT2D eigenvalue weighted by molar-refractivity contribution is 0.170. The van der Waals surface area contributed by atoms with Crippen molar-refractivity contribution in [3.8, 4) is 0 Å². The Kier molecular flexibility index (Phi) is 1.66. The van der Waals surface area contributed by atoms with Crippen molar-refractivity contribution in [2.45, 2.75) is 12.5 Å². The van der Waals surface area contributed by atoms with Gasteiger partial charge in [-0.05, 0) is 13.0 Å². The molecule has 0 amide bonds. The Balaban J connectivity index is 2.42. The molecule has 0 aromatic carbocycles. The summed E-state index contributed by atoms with van der Waals surface area (Å²) in [6.07, 6.45) is 5.78. The Bertz CT molecular complexity index is 315. The van der Waals surface area contributed by atoms with Crippen LogP contribution in [0.25, 0.3) is 0 Å². The maximum atomic E-state index is 6.10. The van der Waals surface area contributed by atoms with Crippen molar-refractivity contribution in [1.29, 1.82) is 0 Å². The highest BCUT2D eigenvalue weighted by atomic mass is 16.7. The zero-order valence-electron chi connectivity index (χ0n) is 7.74. The molecule has 2 aliphatic rings. The quantitative estimate of drug-likeness (QED) is 0.563. The van der Waals surface area contributed by atoms with Gasteiger partial charge in [-0.2, -0.15) is 0 Å². The van der Waals surface area contributed by atoms with Gasteiger partial charge in [0.2, 0.25) is 0 Å². The predicted molar refractivity (Wildman–Crippen MR) is 50.9 cm³/mol. The van der Waals surface area contributed by atoms with Crippen LogP contribution in [-0.2, 0) is 4.84 Å². The van der Waals surface area contributed by atoms with Crippen molar-refractivity contribution in [3.05, 3.63) is 24.0 Å². The molecule has 2 unspecified atom stereocenters. The number of rotatable bonds is 0. The maximum absolute atomic E-state index is 6.10. The van der Waals surface area contributed by atoms with E-state index in [0.29, 0.717) is 0 Å². The van der Waals surface area contributed by atoms with E-state index in [1.165, 1.54) is 0 Å². The summed E-state index contributed by atoms with van der Waals surface area (Å²) in [6, 6.07) is 0. The van der Waals surface area contributed by atoms with Crippen LogP contribution in [0.4, 0.5) is 0 Å². The standard InChI is InChI=1S/C9H13N3O/c1-9(10)5-3-4-6-7(9)8(11-2)12-13-6/h3-5,7H,10H2,1-2H3,(H,11,12). The van der Waals surface area contributed by atoms with E-state index in [-0.39, 0.29) is 5.92 Å². The lowest BCUT2D eigenvalue weighted by atomic mass is 9.81. The van der Waals surface area contributed by atoms with Gasteiger partial charge in [0, 0.05) is 12.6 Å². The fourth-order valence-corrected chi connectivity index (χ4v) is 1.72. The van der Waals surface area contributed by atoms with E-state index in [9.17, 15) is 0 Å². The first-order valence-electron chi connectivity index (χ1n) is 4.23. The molecule has 2 rings (SSSR count). The number of hydroxylamine groups is 1. The van der Waals surface area contributed by atoms with E-state index < -0.39 is 5.54 Å². The summed E-state index contributed by atoms with van der Waals surface area (Å²) in [5.74, 6) is 1.66. The van der Waals surface area contributed by atoms with Crippen molar-refractivity contribution in [3.63, 3.8) is 0 Å². The Morgan fingerprint density at radius 3 is 3.15 bits per heavy atom. The first kappa shape index (κ1) is 8.31. The van der Waals surface area contributed by atoms with Gasteiger partial charge in [-0.1, -0.05) is 12.2 Å². The van der Waals surface area contributed by atoms with Crippen LogP contribution in [-0.4, -0.2) is 18.4 Å². The Morgan fingerprint density at radius 1 is 1.69 bits per heavy atom. The van der Waals surface area contributed by atoms with Crippen LogP contribution in [0.5, 0.6) is 0 Å². The van der Waals surface area contributed by atoms with E-state index in [1.54, 1.807) is 7.05 Å². The summed E-state index contributed by atoms with van der Waals surface area (Å²) in [6.45, 7) is 1.96. The second kappa shape index (κ2) is 2.60. The molecule has 0 bridgehead atoms. The highest BCUT2D eigenvalue weighted by Crippen LogP contribution is 2.32. The Labute approximate surface area is 77.1 Å². The first-order chi connectivity index (χ1) is 6.15. The minimum absolute atomic E-state index is 0.0301. The normalized spacial score (nSPS) is 39.5. The van der Waals surface area contributed by atoms with Crippen LogP contribution < -0.4 is 11.2 Å². The molecule has 2 atom stereocenters. The van der Waals surface area contributed by atoms with Crippen LogP contribution in [0.1, 0.15) is 6.92 Å². The molecule has 4 heteroatoms. The van der Waals surface area contributed by atoms with Crippen LogP contribution in [0.15, 0.2) is 29.0 Å². The van der Waals surface area contributed by atoms with Gasteiger partial charge in [-0.3, -0.25) is 4.99 Å². The molecule has 13 heavy (non-hydrogen) atoms. The Hall–Kier alpha value is -1.29. The molecule has 1 saturated heterocycles. The zero-order chi connectivity index (χ0) is 9.47. The molecule has 0 aromatic rings. The molecular formula is C9H13N3O. The number of nitrogens with one attached hydrogen (secondary N) is 1. The van der Waals surface area contributed by atoms with Crippen LogP contribution in [0, 0.1) is 5.92 Å². The second-order valence-corrected chi connectivity index (χ2v) is 3.54. The summed E-state index contributed by atoms with van der Waals surface area (Å²) in [7, 11) is 1.73. The summed E-state index contributed by atoms with van der Waals surface area (Å²) in [5, 5.41) is 0. The summed E-state index contributed by atoms with van der Waals surface area (Å²) in [4.78, 5) is 9.34. The summed E-state index contributed by atoms with van der Waals surface area (Å²) >= 11 is 0. The van der Waals surface area contributed by atoms with E-state index in [2.05, 4.69) is 10.5 Å². The smallest absolute Gasteiger partial charge is 0.145 e.